The van der Waals surface area contributed by atoms with E-state index in [1.165, 1.54) is 0 Å². The van der Waals surface area contributed by atoms with Gasteiger partial charge in [-0.15, -0.1) is 0 Å². The van der Waals surface area contributed by atoms with E-state index in [1.807, 2.05) is 54.5 Å². The van der Waals surface area contributed by atoms with Gasteiger partial charge < -0.3 is 5.11 Å². The zero-order chi connectivity index (χ0) is 15.7. The normalized spacial score (nSPS) is 24.7. The predicted octanol–water partition coefficient (Wildman–Crippen LogP) is 4.63. The summed E-state index contributed by atoms with van der Waals surface area (Å²) in [5.74, 6) is 0. The number of anilines is 1. The number of nitrogens with zero attached hydrogens (tertiary/aromatic N) is 1. The van der Waals surface area contributed by atoms with Crippen molar-refractivity contribution in [2.24, 2.45) is 0 Å². The van der Waals surface area contributed by atoms with Crippen molar-refractivity contribution in [3.05, 3.63) is 64.1 Å². The van der Waals surface area contributed by atoms with E-state index in [4.69, 9.17) is 28.0 Å². The fourth-order valence-corrected chi connectivity index (χ4v) is 3.18. The second kappa shape index (κ2) is 6.09. The summed E-state index contributed by atoms with van der Waals surface area (Å²) in [6.45, 7) is 1.83. The maximum atomic E-state index is 9.67. The average molecular weight is 338 g/mol. The minimum absolute atomic E-state index is 0.0645. The lowest BCUT2D eigenvalue weighted by Crippen LogP contribution is -2.31. The summed E-state index contributed by atoms with van der Waals surface area (Å²) in [5.41, 5.74) is 1.17. The summed E-state index contributed by atoms with van der Waals surface area (Å²) in [4.78, 5) is 6.03. The van der Waals surface area contributed by atoms with Crippen LogP contribution in [0.15, 0.2) is 48.5 Å². The average Bonchev–Trinajstić information content (AvgIpc) is 2.89. The lowest BCUT2D eigenvalue weighted by molar-refractivity contribution is -0.0377. The van der Waals surface area contributed by atoms with Crippen LogP contribution in [0.25, 0.3) is 0 Å². The number of hydroxylamine groups is 1. The van der Waals surface area contributed by atoms with Crippen LogP contribution in [0.4, 0.5) is 5.69 Å². The fraction of sp³-hybridized carbons (Fsp3) is 0.294. The maximum absolute atomic E-state index is 9.67. The SMILES string of the molecule is C[C@@]1(CO)C[C@@H](c2cccc(Cl)c2Cl)N(c2ccccc2)O1. The van der Waals surface area contributed by atoms with Crippen molar-refractivity contribution < 1.29 is 9.94 Å². The molecule has 0 aliphatic carbocycles. The lowest BCUT2D eigenvalue weighted by atomic mass is 9.94. The number of halogens is 2. The van der Waals surface area contributed by atoms with Crippen LogP contribution < -0.4 is 5.06 Å². The number of aliphatic hydroxyl groups is 1. The molecule has 2 atom stereocenters. The molecule has 22 heavy (non-hydrogen) atoms. The van der Waals surface area contributed by atoms with E-state index >= 15 is 0 Å². The number of benzene rings is 2. The molecule has 0 saturated carbocycles. The third-order valence-corrected chi connectivity index (χ3v) is 4.75. The van der Waals surface area contributed by atoms with Gasteiger partial charge in [0.05, 0.1) is 28.4 Å². The molecule has 1 heterocycles. The summed E-state index contributed by atoms with van der Waals surface area (Å²) in [6.07, 6.45) is 0.623. The molecule has 1 fully saturated rings. The second-order valence-corrected chi connectivity index (χ2v) is 6.51. The van der Waals surface area contributed by atoms with Gasteiger partial charge in [0, 0.05) is 6.42 Å². The third-order valence-electron chi connectivity index (χ3n) is 3.91. The Morgan fingerprint density at radius 2 is 1.91 bits per heavy atom. The van der Waals surface area contributed by atoms with E-state index in [1.54, 1.807) is 6.07 Å². The highest BCUT2D eigenvalue weighted by Gasteiger charge is 2.43. The number of para-hydroxylation sites is 1. The second-order valence-electron chi connectivity index (χ2n) is 5.72. The fourth-order valence-electron chi connectivity index (χ4n) is 2.75. The molecule has 2 aromatic rings. The zero-order valence-electron chi connectivity index (χ0n) is 12.2. The number of hydrogen-bond acceptors (Lipinski definition) is 3. The highest BCUT2D eigenvalue weighted by atomic mass is 35.5. The summed E-state index contributed by atoms with van der Waals surface area (Å²) < 4.78 is 0. The summed E-state index contributed by atoms with van der Waals surface area (Å²) in [7, 11) is 0. The molecule has 0 aromatic heterocycles. The molecule has 3 rings (SSSR count). The minimum atomic E-state index is -0.647. The summed E-state index contributed by atoms with van der Waals surface area (Å²) in [6, 6.07) is 15.3. The van der Waals surface area contributed by atoms with Gasteiger partial charge in [0.2, 0.25) is 0 Å². The van der Waals surface area contributed by atoms with E-state index in [9.17, 15) is 5.11 Å². The topological polar surface area (TPSA) is 32.7 Å². The third kappa shape index (κ3) is 2.82. The molecule has 0 spiro atoms. The van der Waals surface area contributed by atoms with E-state index in [2.05, 4.69) is 0 Å². The Kier molecular flexibility index (Phi) is 4.33. The van der Waals surface area contributed by atoms with Crippen molar-refractivity contribution >= 4 is 28.9 Å². The molecule has 116 valence electrons. The minimum Gasteiger partial charge on any atom is -0.393 e. The van der Waals surface area contributed by atoms with Crippen molar-refractivity contribution in [3.63, 3.8) is 0 Å². The molecule has 0 bridgehead atoms. The molecule has 0 unspecified atom stereocenters. The Morgan fingerprint density at radius 3 is 2.59 bits per heavy atom. The molecular formula is C17H17Cl2NO2. The summed E-state index contributed by atoms with van der Waals surface area (Å²) in [5, 5.41) is 12.5. The van der Waals surface area contributed by atoms with E-state index in [0.29, 0.717) is 16.5 Å². The predicted molar refractivity (Wildman–Crippen MR) is 89.3 cm³/mol. The van der Waals surface area contributed by atoms with Gasteiger partial charge in [-0.2, -0.15) is 0 Å². The smallest absolute Gasteiger partial charge is 0.119 e. The first-order valence-corrected chi connectivity index (χ1v) is 7.88. The Bertz CT molecular complexity index is 665. The lowest BCUT2D eigenvalue weighted by Gasteiger charge is -2.27. The highest BCUT2D eigenvalue weighted by molar-refractivity contribution is 6.42. The largest absolute Gasteiger partial charge is 0.393 e. The highest BCUT2D eigenvalue weighted by Crippen LogP contribution is 2.45. The number of rotatable bonds is 3. The van der Waals surface area contributed by atoms with Gasteiger partial charge in [-0.25, -0.2) is 5.06 Å². The van der Waals surface area contributed by atoms with Gasteiger partial charge in [0.25, 0.3) is 0 Å². The van der Waals surface area contributed by atoms with Crippen molar-refractivity contribution in [3.8, 4) is 0 Å². The molecule has 1 saturated heterocycles. The Hall–Kier alpha value is -1.26. The van der Waals surface area contributed by atoms with Crippen LogP contribution >= 0.6 is 23.2 Å². The Labute approximate surface area is 140 Å². The van der Waals surface area contributed by atoms with Crippen LogP contribution in [0.5, 0.6) is 0 Å². The first-order chi connectivity index (χ1) is 10.5. The monoisotopic (exact) mass is 337 g/mol. The first kappa shape index (κ1) is 15.6. The van der Waals surface area contributed by atoms with Crippen molar-refractivity contribution in [2.75, 3.05) is 11.7 Å². The molecule has 1 aliphatic heterocycles. The van der Waals surface area contributed by atoms with Crippen molar-refractivity contribution in [2.45, 2.75) is 25.0 Å². The number of aliphatic hydroxyl groups excluding tert-OH is 1. The van der Waals surface area contributed by atoms with Crippen LogP contribution in [0.1, 0.15) is 24.9 Å². The van der Waals surface area contributed by atoms with Crippen LogP contribution in [-0.2, 0) is 4.84 Å². The van der Waals surface area contributed by atoms with Gasteiger partial charge in [-0.05, 0) is 30.7 Å². The molecule has 1 aliphatic rings. The van der Waals surface area contributed by atoms with Crippen LogP contribution in [0.3, 0.4) is 0 Å². The van der Waals surface area contributed by atoms with Crippen LogP contribution in [-0.4, -0.2) is 17.3 Å². The Morgan fingerprint density at radius 1 is 1.18 bits per heavy atom. The van der Waals surface area contributed by atoms with E-state index in [-0.39, 0.29) is 12.6 Å². The molecule has 0 radical (unpaired) electrons. The molecular weight excluding hydrogens is 321 g/mol. The number of hydrogen-bond donors (Lipinski definition) is 1. The van der Waals surface area contributed by atoms with Crippen LogP contribution in [0.2, 0.25) is 10.0 Å². The van der Waals surface area contributed by atoms with Gasteiger partial charge in [-0.3, -0.25) is 4.84 Å². The Balaban J connectivity index is 2.05. The van der Waals surface area contributed by atoms with Crippen LogP contribution in [0, 0.1) is 0 Å². The standard InChI is InChI=1S/C17H17Cl2NO2/c1-17(11-21)10-15(13-8-5-9-14(18)16(13)19)20(22-17)12-6-3-2-4-7-12/h2-9,15,21H,10-11H2,1H3/t15-,17-/m0/s1. The van der Waals surface area contributed by atoms with E-state index in [0.717, 1.165) is 11.3 Å². The van der Waals surface area contributed by atoms with Gasteiger partial charge in [0.1, 0.15) is 5.60 Å². The molecule has 5 heteroatoms. The quantitative estimate of drug-likeness (QED) is 0.886. The summed E-state index contributed by atoms with van der Waals surface area (Å²) >= 11 is 12.5. The molecule has 1 N–H and O–H groups in total. The molecule has 3 nitrogen and oxygen atoms in total. The van der Waals surface area contributed by atoms with Crippen molar-refractivity contribution in [1.82, 2.24) is 0 Å². The maximum Gasteiger partial charge on any atom is 0.119 e. The zero-order valence-corrected chi connectivity index (χ0v) is 13.7. The molecule has 2 aromatic carbocycles. The van der Waals surface area contributed by atoms with Crippen molar-refractivity contribution in [1.29, 1.82) is 0 Å². The van der Waals surface area contributed by atoms with Gasteiger partial charge in [-0.1, -0.05) is 53.5 Å². The molecule has 0 amide bonds. The van der Waals surface area contributed by atoms with Gasteiger partial charge in [0.15, 0.2) is 0 Å². The van der Waals surface area contributed by atoms with Gasteiger partial charge >= 0.3 is 0 Å². The van der Waals surface area contributed by atoms with E-state index < -0.39 is 5.60 Å². The first-order valence-electron chi connectivity index (χ1n) is 7.12.